The van der Waals surface area contributed by atoms with E-state index < -0.39 is 8.07 Å². The zero-order chi connectivity index (χ0) is 21.5. The number of nitrogens with one attached hydrogen (secondary N) is 1. The summed E-state index contributed by atoms with van der Waals surface area (Å²) < 4.78 is 6.10. The Kier molecular flexibility index (Phi) is 5.74. The average Bonchev–Trinajstić information content (AvgIpc) is 3.33. The molecule has 1 unspecified atom stereocenters. The summed E-state index contributed by atoms with van der Waals surface area (Å²) in [6, 6.07) is 5.13. The Bertz CT molecular complexity index is 1060. The maximum Gasteiger partial charge on any atom is 0.237 e. The normalized spacial score (nSPS) is 17.1. The van der Waals surface area contributed by atoms with Gasteiger partial charge < -0.3 is 15.4 Å². The Labute approximate surface area is 183 Å². The highest BCUT2D eigenvalue weighted by Gasteiger charge is 2.27. The van der Waals surface area contributed by atoms with Crippen molar-refractivity contribution in [1.82, 2.24) is 20.4 Å². The first-order valence-electron chi connectivity index (χ1n) is 10.4. The Morgan fingerprint density at radius 2 is 2.10 bits per heavy atom. The van der Waals surface area contributed by atoms with Gasteiger partial charge in [-0.15, -0.1) is 10.2 Å². The van der Waals surface area contributed by atoms with E-state index in [4.69, 9.17) is 22.1 Å². The lowest BCUT2D eigenvalue weighted by Crippen LogP contribution is -2.28. The second kappa shape index (κ2) is 8.17. The third-order valence-corrected chi connectivity index (χ3v) is 7.62. The number of ether oxygens (including phenoxy) is 1. The molecule has 0 aliphatic carbocycles. The molecule has 1 aliphatic rings. The first kappa shape index (κ1) is 21.1. The van der Waals surface area contributed by atoms with Crippen molar-refractivity contribution in [3.8, 4) is 17.0 Å². The van der Waals surface area contributed by atoms with Gasteiger partial charge in [-0.25, -0.2) is 0 Å². The van der Waals surface area contributed by atoms with Gasteiger partial charge in [-0.3, -0.25) is 5.10 Å². The molecule has 9 heteroatoms. The van der Waals surface area contributed by atoms with Crippen LogP contribution in [0.4, 0.5) is 5.82 Å². The van der Waals surface area contributed by atoms with Crippen molar-refractivity contribution >= 4 is 36.4 Å². The fourth-order valence-electron chi connectivity index (χ4n) is 3.83. The fourth-order valence-corrected chi connectivity index (χ4v) is 4.75. The number of aromatic amines is 1. The number of benzene rings is 1. The molecule has 4 rings (SSSR count). The van der Waals surface area contributed by atoms with Gasteiger partial charge in [0, 0.05) is 43.7 Å². The van der Waals surface area contributed by atoms with Gasteiger partial charge in [-0.05, 0) is 31.0 Å². The van der Waals surface area contributed by atoms with Gasteiger partial charge in [0.1, 0.15) is 0 Å². The van der Waals surface area contributed by atoms with Crippen molar-refractivity contribution in [1.29, 1.82) is 0 Å². The summed E-state index contributed by atoms with van der Waals surface area (Å²) in [7, 11) is -1.20. The molecule has 30 heavy (non-hydrogen) atoms. The first-order chi connectivity index (χ1) is 14.2. The van der Waals surface area contributed by atoms with E-state index in [9.17, 15) is 0 Å². The molecule has 1 aromatic carbocycles. The topological polar surface area (TPSA) is 93.0 Å². The van der Waals surface area contributed by atoms with E-state index in [1.807, 2.05) is 25.3 Å². The van der Waals surface area contributed by atoms with Crippen molar-refractivity contribution in [2.45, 2.75) is 45.1 Å². The van der Waals surface area contributed by atoms with Crippen LogP contribution in [0.1, 0.15) is 12.0 Å². The van der Waals surface area contributed by atoms with Crippen molar-refractivity contribution in [3.05, 3.63) is 28.9 Å². The number of anilines is 1. The van der Waals surface area contributed by atoms with Crippen LogP contribution in [0.5, 0.6) is 5.88 Å². The summed E-state index contributed by atoms with van der Waals surface area (Å²) in [6.45, 7) is 11.3. The minimum atomic E-state index is -1.20. The van der Waals surface area contributed by atoms with Gasteiger partial charge in [0.15, 0.2) is 5.82 Å². The lowest BCUT2D eigenvalue weighted by Gasteiger charge is -2.23. The second-order valence-electron chi connectivity index (χ2n) is 9.24. The largest absolute Gasteiger partial charge is 0.477 e. The van der Waals surface area contributed by atoms with Gasteiger partial charge in [-0.2, -0.15) is 5.10 Å². The van der Waals surface area contributed by atoms with Crippen molar-refractivity contribution in [2.75, 3.05) is 24.6 Å². The highest BCUT2D eigenvalue weighted by Crippen LogP contribution is 2.41. The Balaban J connectivity index is 1.81. The lowest BCUT2D eigenvalue weighted by molar-refractivity contribution is 0.318. The zero-order valence-corrected chi connectivity index (χ0v) is 19.8. The first-order valence-corrected chi connectivity index (χ1v) is 14.5. The van der Waals surface area contributed by atoms with Crippen LogP contribution in [0.25, 0.3) is 22.0 Å². The number of H-pyrrole nitrogens is 1. The molecule has 3 N–H and O–H groups in total. The van der Waals surface area contributed by atoms with Crippen molar-refractivity contribution in [2.24, 2.45) is 5.73 Å². The Morgan fingerprint density at radius 3 is 2.80 bits per heavy atom. The number of hydrogen-bond acceptors (Lipinski definition) is 6. The molecule has 160 valence electrons. The lowest BCUT2D eigenvalue weighted by atomic mass is 9.98. The number of nitrogens with two attached hydrogens (primary N) is 1. The van der Waals surface area contributed by atoms with Crippen LogP contribution < -0.4 is 15.4 Å². The predicted molar refractivity (Wildman–Crippen MR) is 125 cm³/mol. The quantitative estimate of drug-likeness (QED) is 0.552. The Morgan fingerprint density at radius 1 is 1.30 bits per heavy atom. The van der Waals surface area contributed by atoms with Gasteiger partial charge in [0.05, 0.1) is 23.3 Å². The van der Waals surface area contributed by atoms with Gasteiger partial charge in [0.2, 0.25) is 5.88 Å². The third-order valence-electron chi connectivity index (χ3n) is 5.60. The molecular weight excluding hydrogens is 416 g/mol. The smallest absolute Gasteiger partial charge is 0.237 e. The summed E-state index contributed by atoms with van der Waals surface area (Å²) >= 11 is 6.38. The minimum absolute atomic E-state index is 0.145. The maximum absolute atomic E-state index is 6.38. The number of fused-ring (bicyclic) bond motifs is 1. The molecule has 1 saturated heterocycles. The summed E-state index contributed by atoms with van der Waals surface area (Å²) in [4.78, 5) is 2.21. The molecule has 1 atom stereocenters. The molecule has 0 saturated carbocycles. The predicted octanol–water partition coefficient (Wildman–Crippen LogP) is 4.24. The molecule has 2 aromatic heterocycles. The maximum atomic E-state index is 6.38. The summed E-state index contributed by atoms with van der Waals surface area (Å²) in [5, 5.41) is 17.9. The monoisotopic (exact) mass is 444 g/mol. The second-order valence-corrected chi connectivity index (χ2v) is 15.3. The molecule has 0 amide bonds. The third kappa shape index (κ3) is 4.17. The number of nitrogens with zero attached hydrogens (tertiary/aromatic N) is 4. The van der Waals surface area contributed by atoms with E-state index in [1.165, 1.54) is 0 Å². The summed E-state index contributed by atoms with van der Waals surface area (Å²) in [6.07, 6.45) is 2.75. The van der Waals surface area contributed by atoms with Crippen molar-refractivity contribution in [3.63, 3.8) is 0 Å². The molecule has 7 nitrogen and oxygen atoms in total. The van der Waals surface area contributed by atoms with Crippen LogP contribution in [-0.2, 0) is 0 Å². The van der Waals surface area contributed by atoms with Crippen LogP contribution in [0.15, 0.2) is 18.3 Å². The van der Waals surface area contributed by atoms with Crippen molar-refractivity contribution < 1.29 is 4.74 Å². The highest BCUT2D eigenvalue weighted by atomic mass is 35.5. The Hall–Kier alpha value is -2.16. The molecule has 0 radical (unpaired) electrons. The number of hydrogen-bond donors (Lipinski definition) is 2. The van der Waals surface area contributed by atoms with E-state index in [2.05, 4.69) is 44.9 Å². The highest BCUT2D eigenvalue weighted by molar-refractivity contribution is 6.76. The van der Waals surface area contributed by atoms with Gasteiger partial charge in [0.25, 0.3) is 0 Å². The molecule has 0 bridgehead atoms. The van der Waals surface area contributed by atoms with E-state index in [0.717, 1.165) is 59.0 Å². The molecule has 3 aromatic rings. The average molecular weight is 445 g/mol. The van der Waals surface area contributed by atoms with Gasteiger partial charge in [-0.1, -0.05) is 37.3 Å². The minimum Gasteiger partial charge on any atom is -0.477 e. The number of halogens is 1. The van der Waals surface area contributed by atoms with Crippen LogP contribution in [-0.4, -0.2) is 54.2 Å². The molecule has 1 aliphatic heterocycles. The van der Waals surface area contributed by atoms with E-state index in [1.54, 1.807) is 0 Å². The van der Waals surface area contributed by atoms with E-state index >= 15 is 0 Å². The van der Waals surface area contributed by atoms with Crippen LogP contribution in [0, 0.1) is 6.92 Å². The number of rotatable bonds is 6. The summed E-state index contributed by atoms with van der Waals surface area (Å²) in [5.41, 5.74) is 9.98. The summed E-state index contributed by atoms with van der Waals surface area (Å²) in [5.74, 6) is 1.42. The van der Waals surface area contributed by atoms with E-state index in [0.29, 0.717) is 17.5 Å². The zero-order valence-electron chi connectivity index (χ0n) is 18.0. The standard InChI is InChI=1S/C21H29ClN6OSi/c1-13-18(15-5-6-17(22)19-16(15)11-24-25-19)20(28-8-7-14(23)12-28)26-27-21(13)29-9-10-30(2,3)4/h5-6,11,14H,7-10,12,23H2,1-4H3,(H,24,25). The fraction of sp³-hybridized carbons (Fsp3) is 0.476. The number of aromatic nitrogens is 4. The van der Waals surface area contributed by atoms with Gasteiger partial charge >= 0.3 is 0 Å². The van der Waals surface area contributed by atoms with Crippen LogP contribution >= 0.6 is 11.6 Å². The van der Waals surface area contributed by atoms with Crippen LogP contribution in [0.2, 0.25) is 30.7 Å². The SMILES string of the molecule is Cc1c(OCC[Si](C)(C)C)nnc(N2CCC(N)C2)c1-c1ccc(Cl)c2[nH]ncc12. The van der Waals surface area contributed by atoms with E-state index in [-0.39, 0.29) is 6.04 Å². The molecule has 1 fully saturated rings. The molecular formula is C21H29ClN6OSi. The molecule has 3 heterocycles. The van der Waals surface area contributed by atoms with Crippen LogP contribution in [0.3, 0.4) is 0 Å². The molecule has 0 spiro atoms.